The summed E-state index contributed by atoms with van der Waals surface area (Å²) in [6.07, 6.45) is 2.69. The fraction of sp³-hybridized carbons (Fsp3) is 0.550. The van der Waals surface area contributed by atoms with Gasteiger partial charge in [-0.1, -0.05) is 6.07 Å². The number of likely N-dealkylation sites (tertiary alicyclic amines) is 1. The number of nitrogens with zero attached hydrogens (tertiary/aromatic N) is 2. The highest BCUT2D eigenvalue weighted by Crippen LogP contribution is 2.36. The second kappa shape index (κ2) is 8.50. The Morgan fingerprint density at radius 3 is 2.86 bits per heavy atom. The van der Waals surface area contributed by atoms with Crippen molar-refractivity contribution in [3.63, 3.8) is 0 Å². The zero-order valence-electron chi connectivity index (χ0n) is 16.7. The zero-order valence-corrected chi connectivity index (χ0v) is 16.7. The van der Waals surface area contributed by atoms with Gasteiger partial charge in [-0.2, -0.15) is 0 Å². The molecule has 2 N–H and O–H groups in total. The third kappa shape index (κ3) is 4.21. The lowest BCUT2D eigenvalue weighted by Gasteiger charge is -2.40. The quantitative estimate of drug-likeness (QED) is 0.457. The number of carbonyl (C=O) groups is 2. The van der Waals surface area contributed by atoms with Crippen LogP contribution in [0.2, 0.25) is 0 Å². The first-order chi connectivity index (χ1) is 13.5. The standard InChI is InChI=1S/C20H28N4O4/c1-21-19(24-8-4-7-20(13-24)10-17(25)23-12-20)22-11-14-5-6-15(18(26)28-3)16(9-14)27-2/h5-6,9H,4,7-8,10-13H2,1-3H3,(H,21,22)(H,23,25). The Morgan fingerprint density at radius 2 is 2.21 bits per heavy atom. The Hall–Kier alpha value is -2.77. The van der Waals surface area contributed by atoms with Gasteiger partial charge in [0.15, 0.2) is 5.96 Å². The van der Waals surface area contributed by atoms with Crippen LogP contribution in [-0.4, -0.2) is 63.6 Å². The molecule has 0 aliphatic carbocycles. The number of methoxy groups -OCH3 is 2. The van der Waals surface area contributed by atoms with Crippen molar-refractivity contribution in [1.29, 1.82) is 0 Å². The van der Waals surface area contributed by atoms with E-state index in [0.29, 0.717) is 24.3 Å². The Balaban J connectivity index is 1.66. The molecule has 1 aromatic carbocycles. The molecule has 2 saturated heterocycles. The van der Waals surface area contributed by atoms with Crippen LogP contribution in [0, 0.1) is 5.41 Å². The van der Waals surface area contributed by atoms with Crippen LogP contribution in [0.15, 0.2) is 23.2 Å². The molecular weight excluding hydrogens is 360 g/mol. The van der Waals surface area contributed by atoms with E-state index in [2.05, 4.69) is 20.5 Å². The minimum Gasteiger partial charge on any atom is -0.496 e. The summed E-state index contributed by atoms with van der Waals surface area (Å²) in [6.45, 7) is 3.02. The number of benzene rings is 1. The fourth-order valence-electron chi connectivity index (χ4n) is 4.07. The molecule has 0 aromatic heterocycles. The number of piperidine rings is 1. The van der Waals surface area contributed by atoms with Gasteiger partial charge in [-0.25, -0.2) is 4.79 Å². The van der Waals surface area contributed by atoms with Crippen LogP contribution < -0.4 is 15.4 Å². The number of carbonyl (C=O) groups excluding carboxylic acids is 2. The van der Waals surface area contributed by atoms with Gasteiger partial charge >= 0.3 is 5.97 Å². The number of hydrogen-bond acceptors (Lipinski definition) is 5. The van der Waals surface area contributed by atoms with Crippen molar-refractivity contribution in [2.75, 3.05) is 40.9 Å². The SMILES string of the molecule is CN=C(NCc1ccc(C(=O)OC)c(OC)c1)N1CCCC2(CNC(=O)C2)C1. The molecule has 1 amide bonds. The molecule has 1 spiro atoms. The molecule has 2 heterocycles. The first-order valence-electron chi connectivity index (χ1n) is 9.48. The second-order valence-corrected chi connectivity index (χ2v) is 7.41. The number of aliphatic imine (C=N–C) groups is 1. The van der Waals surface area contributed by atoms with E-state index in [4.69, 9.17) is 9.47 Å². The van der Waals surface area contributed by atoms with Crippen LogP contribution in [0.25, 0.3) is 0 Å². The molecule has 152 valence electrons. The maximum Gasteiger partial charge on any atom is 0.341 e. The molecule has 0 saturated carbocycles. The minimum atomic E-state index is -0.425. The van der Waals surface area contributed by atoms with Gasteiger partial charge in [0.2, 0.25) is 5.91 Å². The van der Waals surface area contributed by atoms with Crippen molar-refractivity contribution >= 4 is 17.8 Å². The molecule has 8 heteroatoms. The largest absolute Gasteiger partial charge is 0.496 e. The van der Waals surface area contributed by atoms with E-state index in [1.807, 2.05) is 12.1 Å². The van der Waals surface area contributed by atoms with Gasteiger partial charge in [0.25, 0.3) is 0 Å². The molecule has 0 radical (unpaired) electrons. The zero-order chi connectivity index (χ0) is 20.1. The fourth-order valence-corrected chi connectivity index (χ4v) is 4.07. The Morgan fingerprint density at radius 1 is 1.39 bits per heavy atom. The lowest BCUT2D eigenvalue weighted by Crippen LogP contribution is -2.51. The van der Waals surface area contributed by atoms with Gasteiger partial charge in [-0.3, -0.25) is 9.79 Å². The highest BCUT2D eigenvalue weighted by molar-refractivity contribution is 5.92. The monoisotopic (exact) mass is 388 g/mol. The predicted molar refractivity (Wildman–Crippen MR) is 105 cm³/mol. The van der Waals surface area contributed by atoms with Crippen molar-refractivity contribution in [3.05, 3.63) is 29.3 Å². The van der Waals surface area contributed by atoms with E-state index < -0.39 is 5.97 Å². The number of ether oxygens (including phenoxy) is 2. The maximum atomic E-state index is 11.8. The van der Waals surface area contributed by atoms with Crippen LogP contribution >= 0.6 is 0 Å². The average molecular weight is 388 g/mol. The van der Waals surface area contributed by atoms with E-state index in [-0.39, 0.29) is 11.3 Å². The molecule has 2 aliphatic rings. The van der Waals surface area contributed by atoms with Crippen LogP contribution in [0.5, 0.6) is 5.75 Å². The Kier molecular flexibility index (Phi) is 6.06. The minimum absolute atomic E-state index is 0.0122. The van der Waals surface area contributed by atoms with Crippen molar-refractivity contribution in [2.24, 2.45) is 10.4 Å². The molecular formula is C20H28N4O4. The number of guanidine groups is 1. The summed E-state index contributed by atoms with van der Waals surface area (Å²) in [4.78, 5) is 30.2. The molecule has 8 nitrogen and oxygen atoms in total. The van der Waals surface area contributed by atoms with Gasteiger partial charge in [0.05, 0.1) is 14.2 Å². The first-order valence-corrected chi connectivity index (χ1v) is 9.48. The Labute approximate surface area is 165 Å². The van der Waals surface area contributed by atoms with Gasteiger partial charge in [-0.15, -0.1) is 0 Å². The summed E-state index contributed by atoms with van der Waals surface area (Å²) >= 11 is 0. The first kappa shape index (κ1) is 20.0. The lowest BCUT2D eigenvalue weighted by molar-refractivity contribution is -0.119. The van der Waals surface area contributed by atoms with Crippen LogP contribution in [-0.2, 0) is 16.1 Å². The lowest BCUT2D eigenvalue weighted by atomic mass is 9.79. The summed E-state index contributed by atoms with van der Waals surface area (Å²) in [6, 6.07) is 5.40. The summed E-state index contributed by atoms with van der Waals surface area (Å²) in [5, 5.41) is 6.36. The molecule has 1 atom stereocenters. The molecule has 1 aromatic rings. The van der Waals surface area contributed by atoms with E-state index in [0.717, 1.165) is 44.0 Å². The van der Waals surface area contributed by atoms with Crippen molar-refractivity contribution in [2.45, 2.75) is 25.8 Å². The topological polar surface area (TPSA) is 92.3 Å². The Bertz CT molecular complexity index is 779. The molecule has 3 rings (SSSR count). The predicted octanol–water partition coefficient (Wildman–Crippen LogP) is 1.16. The highest BCUT2D eigenvalue weighted by atomic mass is 16.5. The molecule has 0 bridgehead atoms. The van der Waals surface area contributed by atoms with Crippen LogP contribution in [0.4, 0.5) is 0 Å². The van der Waals surface area contributed by atoms with E-state index >= 15 is 0 Å². The van der Waals surface area contributed by atoms with Crippen molar-refractivity contribution in [1.82, 2.24) is 15.5 Å². The summed E-state index contributed by atoms with van der Waals surface area (Å²) in [7, 11) is 4.64. The van der Waals surface area contributed by atoms with Crippen molar-refractivity contribution < 1.29 is 19.1 Å². The molecule has 2 fully saturated rings. The smallest absolute Gasteiger partial charge is 0.341 e. The van der Waals surface area contributed by atoms with Gasteiger partial charge < -0.3 is 25.0 Å². The highest BCUT2D eigenvalue weighted by Gasteiger charge is 2.42. The number of esters is 1. The number of amides is 1. The van der Waals surface area contributed by atoms with Gasteiger partial charge in [0.1, 0.15) is 11.3 Å². The number of nitrogens with one attached hydrogen (secondary N) is 2. The van der Waals surface area contributed by atoms with Crippen molar-refractivity contribution in [3.8, 4) is 5.75 Å². The summed E-state index contributed by atoms with van der Waals surface area (Å²) in [5.41, 5.74) is 1.38. The number of hydrogen-bond donors (Lipinski definition) is 2. The van der Waals surface area contributed by atoms with E-state index in [1.54, 1.807) is 13.1 Å². The molecule has 1 unspecified atom stereocenters. The average Bonchev–Trinajstić information content (AvgIpc) is 3.07. The number of rotatable bonds is 4. The van der Waals surface area contributed by atoms with Gasteiger partial charge in [0, 0.05) is 45.1 Å². The maximum absolute atomic E-state index is 11.8. The summed E-state index contributed by atoms with van der Waals surface area (Å²) < 4.78 is 10.1. The third-order valence-corrected chi connectivity index (χ3v) is 5.49. The molecule has 28 heavy (non-hydrogen) atoms. The van der Waals surface area contributed by atoms with Gasteiger partial charge in [-0.05, 0) is 30.5 Å². The third-order valence-electron chi connectivity index (χ3n) is 5.49. The second-order valence-electron chi connectivity index (χ2n) is 7.41. The molecule has 2 aliphatic heterocycles. The van der Waals surface area contributed by atoms with E-state index in [9.17, 15) is 9.59 Å². The van der Waals surface area contributed by atoms with E-state index in [1.165, 1.54) is 14.2 Å². The normalized spacial score (nSPS) is 22.2. The van der Waals surface area contributed by atoms with Crippen LogP contribution in [0.1, 0.15) is 35.2 Å². The van der Waals surface area contributed by atoms with Crippen LogP contribution in [0.3, 0.4) is 0 Å². The summed E-state index contributed by atoms with van der Waals surface area (Å²) in [5.74, 6) is 1.01.